The number of sulfonamides is 1. The summed E-state index contributed by atoms with van der Waals surface area (Å²) in [6.45, 7) is 4.67. The number of hydrogen-bond donors (Lipinski definition) is 2. The summed E-state index contributed by atoms with van der Waals surface area (Å²) in [5, 5.41) is 4.68. The molecule has 0 saturated carbocycles. The summed E-state index contributed by atoms with van der Waals surface area (Å²) in [5.41, 5.74) is 2.55. The molecule has 8 nitrogen and oxygen atoms in total. The zero-order valence-corrected chi connectivity index (χ0v) is 19.3. The molecule has 32 heavy (non-hydrogen) atoms. The van der Waals surface area contributed by atoms with Crippen LogP contribution in [0.2, 0.25) is 5.02 Å². The van der Waals surface area contributed by atoms with Gasteiger partial charge in [-0.25, -0.2) is 17.6 Å². The smallest absolute Gasteiger partial charge is 0.307 e. The van der Waals surface area contributed by atoms with Gasteiger partial charge < -0.3 is 5.32 Å². The Balaban J connectivity index is 1.51. The van der Waals surface area contributed by atoms with Crippen LogP contribution < -0.4 is 10.6 Å². The van der Waals surface area contributed by atoms with Crippen molar-refractivity contribution >= 4 is 39.2 Å². The molecular formula is C21H24ClFN4O4S. The number of carbonyl (C=O) groups is 2. The number of nitrogens with zero attached hydrogens (tertiary/aromatic N) is 2. The van der Waals surface area contributed by atoms with Crippen LogP contribution in [0.5, 0.6) is 0 Å². The number of urea groups is 1. The minimum atomic E-state index is -3.82. The van der Waals surface area contributed by atoms with Gasteiger partial charge in [-0.2, -0.15) is 4.31 Å². The van der Waals surface area contributed by atoms with Crippen LogP contribution in [0.4, 0.5) is 14.9 Å². The van der Waals surface area contributed by atoms with Gasteiger partial charge in [0.2, 0.25) is 15.9 Å². The van der Waals surface area contributed by atoms with Crippen LogP contribution in [0.15, 0.2) is 41.3 Å². The van der Waals surface area contributed by atoms with Crippen molar-refractivity contribution in [2.75, 3.05) is 38.0 Å². The average molecular weight is 483 g/mol. The van der Waals surface area contributed by atoms with Gasteiger partial charge >= 0.3 is 6.03 Å². The van der Waals surface area contributed by atoms with Crippen LogP contribution in [-0.2, 0) is 14.8 Å². The van der Waals surface area contributed by atoms with Crippen molar-refractivity contribution < 1.29 is 22.4 Å². The lowest BCUT2D eigenvalue weighted by Crippen LogP contribution is -2.51. The Labute approximate surface area is 191 Å². The lowest BCUT2D eigenvalue weighted by Gasteiger charge is -2.33. The van der Waals surface area contributed by atoms with Crippen molar-refractivity contribution in [1.29, 1.82) is 0 Å². The molecule has 0 aliphatic carbocycles. The third kappa shape index (κ3) is 5.63. The van der Waals surface area contributed by atoms with Crippen molar-refractivity contribution in [3.63, 3.8) is 0 Å². The summed E-state index contributed by atoms with van der Waals surface area (Å²) in [4.78, 5) is 26.0. The highest BCUT2D eigenvalue weighted by Gasteiger charge is 2.29. The third-order valence-electron chi connectivity index (χ3n) is 5.33. The lowest BCUT2D eigenvalue weighted by molar-refractivity contribution is -0.121. The molecule has 2 aromatic rings. The van der Waals surface area contributed by atoms with Gasteiger partial charge in [-0.05, 0) is 49.2 Å². The predicted octanol–water partition coefficient (Wildman–Crippen LogP) is 2.75. The molecule has 0 unspecified atom stereocenters. The average Bonchev–Trinajstić information content (AvgIpc) is 2.73. The molecule has 1 heterocycles. The van der Waals surface area contributed by atoms with E-state index in [4.69, 9.17) is 11.6 Å². The fourth-order valence-electron chi connectivity index (χ4n) is 3.32. The third-order valence-corrected chi connectivity index (χ3v) is 7.52. The van der Waals surface area contributed by atoms with E-state index in [2.05, 4.69) is 10.6 Å². The molecule has 1 aliphatic heterocycles. The van der Waals surface area contributed by atoms with E-state index in [0.29, 0.717) is 18.8 Å². The van der Waals surface area contributed by atoms with Crippen molar-refractivity contribution in [1.82, 2.24) is 14.5 Å². The van der Waals surface area contributed by atoms with Gasteiger partial charge in [-0.1, -0.05) is 23.7 Å². The highest BCUT2D eigenvalue weighted by Crippen LogP contribution is 2.23. The number of carbonyl (C=O) groups excluding carboxylic acids is 2. The van der Waals surface area contributed by atoms with Gasteiger partial charge in [0.15, 0.2) is 0 Å². The second kappa shape index (κ2) is 9.95. The molecule has 0 radical (unpaired) electrons. The van der Waals surface area contributed by atoms with Crippen molar-refractivity contribution in [3.05, 3.63) is 58.4 Å². The first-order valence-corrected chi connectivity index (χ1v) is 11.7. The molecule has 0 bridgehead atoms. The van der Waals surface area contributed by atoms with E-state index in [1.807, 2.05) is 26.0 Å². The summed E-state index contributed by atoms with van der Waals surface area (Å²) in [6, 6.07) is 8.13. The number of piperazine rings is 1. The SMILES string of the molecule is Cc1cccc(NC(=O)NC(=O)CN2CCN(S(=O)(=O)c3ccc(F)c(Cl)c3)CC2)c1C. The van der Waals surface area contributed by atoms with Gasteiger partial charge in [-0.3, -0.25) is 15.0 Å². The number of benzene rings is 2. The molecule has 11 heteroatoms. The maximum Gasteiger partial charge on any atom is 0.325 e. The number of amides is 3. The molecule has 3 rings (SSSR count). The monoisotopic (exact) mass is 482 g/mol. The van der Waals surface area contributed by atoms with E-state index in [0.717, 1.165) is 23.3 Å². The van der Waals surface area contributed by atoms with Crippen LogP contribution >= 0.6 is 11.6 Å². The Morgan fingerprint density at radius 3 is 2.44 bits per heavy atom. The van der Waals surface area contributed by atoms with Crippen LogP contribution in [0.25, 0.3) is 0 Å². The number of nitrogens with one attached hydrogen (secondary N) is 2. The first-order chi connectivity index (χ1) is 15.1. The van der Waals surface area contributed by atoms with E-state index in [-0.39, 0.29) is 29.6 Å². The molecule has 1 fully saturated rings. The Kier molecular flexibility index (Phi) is 7.50. The zero-order valence-electron chi connectivity index (χ0n) is 17.7. The summed E-state index contributed by atoms with van der Waals surface area (Å²) < 4.78 is 40.1. The minimum Gasteiger partial charge on any atom is -0.307 e. The Morgan fingerprint density at radius 2 is 1.78 bits per heavy atom. The molecule has 1 aliphatic rings. The van der Waals surface area contributed by atoms with Crippen molar-refractivity contribution in [2.45, 2.75) is 18.7 Å². The second-order valence-electron chi connectivity index (χ2n) is 7.51. The molecule has 2 N–H and O–H groups in total. The number of aryl methyl sites for hydroxylation is 1. The number of imide groups is 1. The van der Waals surface area contributed by atoms with Crippen LogP contribution in [0, 0.1) is 19.7 Å². The summed E-state index contributed by atoms with van der Waals surface area (Å²) in [6.07, 6.45) is 0. The summed E-state index contributed by atoms with van der Waals surface area (Å²) in [5.74, 6) is -1.18. The maximum absolute atomic E-state index is 13.3. The minimum absolute atomic E-state index is 0.0452. The van der Waals surface area contributed by atoms with E-state index in [1.54, 1.807) is 11.0 Å². The number of hydrogen-bond acceptors (Lipinski definition) is 5. The van der Waals surface area contributed by atoms with Gasteiger partial charge in [0.1, 0.15) is 5.82 Å². The second-order valence-corrected chi connectivity index (χ2v) is 9.85. The Hall–Kier alpha value is -2.53. The zero-order chi connectivity index (χ0) is 23.5. The number of rotatable bonds is 5. The first-order valence-electron chi connectivity index (χ1n) is 9.92. The highest BCUT2D eigenvalue weighted by atomic mass is 35.5. The topological polar surface area (TPSA) is 98.8 Å². The van der Waals surface area contributed by atoms with E-state index in [9.17, 15) is 22.4 Å². The first kappa shape index (κ1) is 24.1. The quantitative estimate of drug-likeness (QED) is 0.682. The van der Waals surface area contributed by atoms with Crippen LogP contribution in [-0.4, -0.2) is 62.3 Å². The summed E-state index contributed by atoms with van der Waals surface area (Å²) in [7, 11) is -3.82. The van der Waals surface area contributed by atoms with Gasteiger partial charge in [0.25, 0.3) is 0 Å². The van der Waals surface area contributed by atoms with Crippen molar-refractivity contribution in [3.8, 4) is 0 Å². The van der Waals surface area contributed by atoms with Gasteiger partial charge in [0, 0.05) is 31.9 Å². The fraction of sp³-hybridized carbons (Fsp3) is 0.333. The van der Waals surface area contributed by atoms with E-state index >= 15 is 0 Å². The Bertz CT molecular complexity index is 1130. The molecule has 0 spiro atoms. The molecular weight excluding hydrogens is 459 g/mol. The molecule has 3 amide bonds. The highest BCUT2D eigenvalue weighted by molar-refractivity contribution is 7.89. The number of halogens is 2. The number of anilines is 1. The molecule has 1 saturated heterocycles. The maximum atomic E-state index is 13.3. The van der Waals surface area contributed by atoms with Gasteiger partial charge in [-0.15, -0.1) is 0 Å². The lowest BCUT2D eigenvalue weighted by atomic mass is 10.1. The normalized spacial score (nSPS) is 15.4. The fourth-order valence-corrected chi connectivity index (χ4v) is 5.02. The molecule has 2 aromatic carbocycles. The molecule has 0 aromatic heterocycles. The van der Waals surface area contributed by atoms with E-state index in [1.165, 1.54) is 10.4 Å². The van der Waals surface area contributed by atoms with Gasteiger partial charge in [0.05, 0.1) is 16.5 Å². The van der Waals surface area contributed by atoms with Crippen LogP contribution in [0.1, 0.15) is 11.1 Å². The largest absolute Gasteiger partial charge is 0.325 e. The predicted molar refractivity (Wildman–Crippen MR) is 120 cm³/mol. The van der Waals surface area contributed by atoms with Crippen molar-refractivity contribution in [2.24, 2.45) is 0 Å². The van der Waals surface area contributed by atoms with Crippen LogP contribution in [0.3, 0.4) is 0 Å². The summed E-state index contributed by atoms with van der Waals surface area (Å²) >= 11 is 5.70. The molecule has 172 valence electrons. The molecule has 0 atom stereocenters. The Morgan fingerprint density at radius 1 is 1.09 bits per heavy atom. The standard InChI is InChI=1S/C21H24ClFN4O4S/c1-14-4-3-5-19(15(14)2)24-21(29)25-20(28)13-26-8-10-27(11-9-26)32(30,31)16-6-7-18(23)17(22)12-16/h3-7,12H,8-11,13H2,1-2H3,(H2,24,25,28,29). The van der Waals surface area contributed by atoms with E-state index < -0.39 is 27.8 Å².